The van der Waals surface area contributed by atoms with E-state index in [9.17, 15) is 0 Å². The molecular weight excluding hydrogens is 256 g/mol. The zero-order chi connectivity index (χ0) is 15.1. The molecule has 2 heteroatoms. The first-order valence-corrected chi connectivity index (χ1v) is 8.75. The third kappa shape index (κ3) is 4.82. The topological polar surface area (TPSA) is 38.0 Å². The van der Waals surface area contributed by atoms with Crippen molar-refractivity contribution in [1.82, 2.24) is 5.32 Å². The Bertz CT molecular complexity index is 428. The van der Waals surface area contributed by atoms with Crippen molar-refractivity contribution in [1.29, 1.82) is 0 Å². The van der Waals surface area contributed by atoms with Crippen LogP contribution in [0.3, 0.4) is 0 Å². The van der Waals surface area contributed by atoms with Gasteiger partial charge in [0.25, 0.3) is 0 Å². The minimum Gasteiger partial charge on any atom is -0.327 e. The predicted octanol–water partition coefficient (Wildman–Crippen LogP) is 3.46. The Morgan fingerprint density at radius 1 is 1.14 bits per heavy atom. The molecule has 2 unspecified atom stereocenters. The van der Waals surface area contributed by atoms with E-state index in [2.05, 4.69) is 30.4 Å². The van der Waals surface area contributed by atoms with Crippen LogP contribution in [0.25, 0.3) is 0 Å². The maximum atomic E-state index is 6.31. The van der Waals surface area contributed by atoms with E-state index in [1.165, 1.54) is 61.6 Å². The molecule has 0 radical (unpaired) electrons. The second-order valence-corrected chi connectivity index (χ2v) is 6.62. The van der Waals surface area contributed by atoms with E-state index in [0.717, 1.165) is 13.0 Å². The third-order valence-corrected chi connectivity index (χ3v) is 4.90. The summed E-state index contributed by atoms with van der Waals surface area (Å²) in [6, 6.07) is 7.56. The highest BCUT2D eigenvalue weighted by Crippen LogP contribution is 2.27. The lowest BCUT2D eigenvalue weighted by Crippen LogP contribution is -2.34. The molecule has 1 aliphatic rings. The fraction of sp³-hybridized carbons (Fsp3) is 0.684. The van der Waals surface area contributed by atoms with Crippen molar-refractivity contribution >= 4 is 0 Å². The fourth-order valence-electron chi connectivity index (χ4n) is 3.60. The fourth-order valence-corrected chi connectivity index (χ4v) is 3.60. The molecule has 2 nitrogen and oxygen atoms in total. The summed E-state index contributed by atoms with van der Waals surface area (Å²) >= 11 is 0. The van der Waals surface area contributed by atoms with E-state index in [1.54, 1.807) is 0 Å². The highest BCUT2D eigenvalue weighted by atomic mass is 14.8. The zero-order valence-corrected chi connectivity index (χ0v) is 13.8. The summed E-state index contributed by atoms with van der Waals surface area (Å²) in [6.45, 7) is 3.32. The molecule has 1 saturated carbocycles. The Morgan fingerprint density at radius 2 is 1.95 bits per heavy atom. The van der Waals surface area contributed by atoms with Gasteiger partial charge in [0.1, 0.15) is 0 Å². The van der Waals surface area contributed by atoms with E-state index in [4.69, 9.17) is 5.73 Å². The number of likely N-dealkylation sites (N-methyl/N-ethyl adjacent to an activating group) is 1. The predicted molar refractivity (Wildman–Crippen MR) is 91.7 cm³/mol. The molecule has 3 N–H and O–H groups in total. The van der Waals surface area contributed by atoms with Gasteiger partial charge in [0.15, 0.2) is 0 Å². The summed E-state index contributed by atoms with van der Waals surface area (Å²) in [7, 11) is 2.03. The van der Waals surface area contributed by atoms with Crippen LogP contribution in [0.5, 0.6) is 0 Å². The Morgan fingerprint density at radius 3 is 2.67 bits per heavy atom. The number of aryl methyl sites for hydroxylation is 1. The van der Waals surface area contributed by atoms with E-state index in [0.29, 0.717) is 12.0 Å². The Balaban J connectivity index is 2.08. The third-order valence-electron chi connectivity index (χ3n) is 4.90. The van der Waals surface area contributed by atoms with Crippen LogP contribution < -0.4 is 11.1 Å². The maximum Gasteiger partial charge on any atom is 0.00703 e. The molecule has 0 aliphatic heterocycles. The van der Waals surface area contributed by atoms with Gasteiger partial charge in [-0.1, -0.05) is 44.4 Å². The minimum atomic E-state index is 0.412. The molecule has 0 aromatic heterocycles. The molecule has 2 rings (SSSR count). The smallest absolute Gasteiger partial charge is 0.00703 e. The Kier molecular flexibility index (Phi) is 6.72. The first-order valence-electron chi connectivity index (χ1n) is 8.75. The van der Waals surface area contributed by atoms with Crippen molar-refractivity contribution in [2.24, 2.45) is 11.7 Å². The summed E-state index contributed by atoms with van der Waals surface area (Å²) in [5.41, 5.74) is 10.9. The number of nitrogens with one attached hydrogen (secondary N) is 1. The zero-order valence-electron chi connectivity index (χ0n) is 13.8. The van der Waals surface area contributed by atoms with Gasteiger partial charge < -0.3 is 11.1 Å². The highest BCUT2D eigenvalue weighted by molar-refractivity contribution is 5.33. The number of hydrogen-bond donors (Lipinski definition) is 2. The van der Waals surface area contributed by atoms with E-state index in [1.807, 2.05) is 7.05 Å². The number of hydrogen-bond acceptors (Lipinski definition) is 2. The first kappa shape index (κ1) is 16.5. The average molecular weight is 288 g/mol. The van der Waals surface area contributed by atoms with Crippen molar-refractivity contribution in [2.75, 3.05) is 13.6 Å². The number of nitrogens with two attached hydrogens (primary N) is 1. The van der Waals surface area contributed by atoms with Gasteiger partial charge in [-0.25, -0.2) is 0 Å². The van der Waals surface area contributed by atoms with Crippen LogP contribution in [0.4, 0.5) is 0 Å². The standard InChI is InChI=1S/C19H32N2/c1-3-6-16-10-9-15(13-17(16)11-12-21-2)14-18-7-4-5-8-19(18)20/h9-10,13,18-19,21H,3-8,11-12,14,20H2,1-2H3. The molecule has 0 amide bonds. The van der Waals surface area contributed by atoms with Crippen molar-refractivity contribution in [3.8, 4) is 0 Å². The molecule has 0 heterocycles. The van der Waals surface area contributed by atoms with Crippen LogP contribution in [0.15, 0.2) is 18.2 Å². The lowest BCUT2D eigenvalue weighted by atomic mass is 9.80. The van der Waals surface area contributed by atoms with Crippen molar-refractivity contribution in [3.05, 3.63) is 34.9 Å². The van der Waals surface area contributed by atoms with Gasteiger partial charge in [-0.3, -0.25) is 0 Å². The molecule has 21 heavy (non-hydrogen) atoms. The van der Waals surface area contributed by atoms with Crippen LogP contribution in [-0.4, -0.2) is 19.6 Å². The number of rotatable bonds is 7. The average Bonchev–Trinajstić information content (AvgIpc) is 2.50. The summed E-state index contributed by atoms with van der Waals surface area (Å²) in [4.78, 5) is 0. The lowest BCUT2D eigenvalue weighted by molar-refractivity contribution is 0.306. The van der Waals surface area contributed by atoms with Gasteiger partial charge in [0, 0.05) is 6.04 Å². The minimum absolute atomic E-state index is 0.412. The van der Waals surface area contributed by atoms with E-state index >= 15 is 0 Å². The van der Waals surface area contributed by atoms with Gasteiger partial charge in [0.05, 0.1) is 0 Å². The van der Waals surface area contributed by atoms with E-state index < -0.39 is 0 Å². The second kappa shape index (κ2) is 8.55. The summed E-state index contributed by atoms with van der Waals surface area (Å²) in [6.07, 6.45) is 9.92. The van der Waals surface area contributed by atoms with Gasteiger partial charge in [-0.2, -0.15) is 0 Å². The summed E-state index contributed by atoms with van der Waals surface area (Å²) in [5, 5.41) is 3.27. The Hall–Kier alpha value is -0.860. The molecule has 0 saturated heterocycles. The molecule has 2 atom stereocenters. The summed E-state index contributed by atoms with van der Waals surface area (Å²) < 4.78 is 0. The van der Waals surface area contributed by atoms with Crippen molar-refractivity contribution in [3.63, 3.8) is 0 Å². The van der Waals surface area contributed by atoms with Crippen LogP contribution >= 0.6 is 0 Å². The van der Waals surface area contributed by atoms with Crippen LogP contribution in [0.1, 0.15) is 55.7 Å². The van der Waals surface area contributed by atoms with Crippen molar-refractivity contribution < 1.29 is 0 Å². The quantitative estimate of drug-likeness (QED) is 0.806. The molecule has 118 valence electrons. The lowest BCUT2D eigenvalue weighted by Gasteiger charge is -2.28. The molecule has 1 aromatic rings. The van der Waals surface area contributed by atoms with Gasteiger partial charge >= 0.3 is 0 Å². The largest absolute Gasteiger partial charge is 0.327 e. The van der Waals surface area contributed by atoms with E-state index in [-0.39, 0.29) is 0 Å². The molecule has 1 aliphatic carbocycles. The normalized spacial score (nSPS) is 22.4. The highest BCUT2D eigenvalue weighted by Gasteiger charge is 2.22. The van der Waals surface area contributed by atoms with Crippen LogP contribution in [0.2, 0.25) is 0 Å². The summed E-state index contributed by atoms with van der Waals surface area (Å²) in [5.74, 6) is 0.688. The van der Waals surface area contributed by atoms with Gasteiger partial charge in [-0.05, 0) is 68.3 Å². The molecule has 1 aromatic carbocycles. The SMILES string of the molecule is CCCc1ccc(CC2CCCCC2N)cc1CCNC. The van der Waals surface area contributed by atoms with Gasteiger partial charge in [0.2, 0.25) is 0 Å². The first-order chi connectivity index (χ1) is 10.2. The van der Waals surface area contributed by atoms with Crippen LogP contribution in [0, 0.1) is 5.92 Å². The molecule has 0 spiro atoms. The van der Waals surface area contributed by atoms with Gasteiger partial charge in [-0.15, -0.1) is 0 Å². The second-order valence-electron chi connectivity index (χ2n) is 6.62. The van der Waals surface area contributed by atoms with Crippen LogP contribution in [-0.2, 0) is 19.3 Å². The monoisotopic (exact) mass is 288 g/mol. The van der Waals surface area contributed by atoms with Crippen molar-refractivity contribution in [2.45, 2.75) is 64.3 Å². The molecular formula is C19H32N2. The molecule has 0 bridgehead atoms. The Labute approximate surface area is 130 Å². The maximum absolute atomic E-state index is 6.31. The molecule has 1 fully saturated rings. The number of benzene rings is 1.